The van der Waals surface area contributed by atoms with Gasteiger partial charge in [0.15, 0.2) is 0 Å². The largest absolute Gasteiger partial charge is 0.480 e. The lowest BCUT2D eigenvalue weighted by atomic mass is 9.98. The molecule has 0 radical (unpaired) electrons. The lowest BCUT2D eigenvalue weighted by molar-refractivity contribution is -0.145. The van der Waals surface area contributed by atoms with Gasteiger partial charge in [0.05, 0.1) is 0 Å². The molecule has 0 aromatic rings. The molecule has 0 aliphatic heterocycles. The highest BCUT2D eigenvalue weighted by Gasteiger charge is 2.31. The first-order valence-corrected chi connectivity index (χ1v) is 5.89. The molecule has 0 aliphatic carbocycles. The van der Waals surface area contributed by atoms with Crippen molar-refractivity contribution in [3.8, 4) is 0 Å². The molecule has 0 saturated carbocycles. The number of carboxylic acids is 1. The maximum Gasteiger partial charge on any atom is 0.323 e. The van der Waals surface area contributed by atoms with E-state index in [4.69, 9.17) is 9.84 Å². The van der Waals surface area contributed by atoms with Gasteiger partial charge in [-0.25, -0.2) is 0 Å². The summed E-state index contributed by atoms with van der Waals surface area (Å²) in [7, 11) is 1.58. The fraction of sp³-hybridized carbons (Fsp3) is 0.917. The van der Waals surface area contributed by atoms with Gasteiger partial charge >= 0.3 is 5.97 Å². The molecule has 0 rings (SSSR count). The Morgan fingerprint density at radius 1 is 1.50 bits per heavy atom. The second-order valence-corrected chi connectivity index (χ2v) is 4.84. The van der Waals surface area contributed by atoms with Crippen molar-refractivity contribution < 1.29 is 14.6 Å². The number of carboxylic acid groups (broad SMARTS) is 1. The van der Waals surface area contributed by atoms with Gasteiger partial charge in [-0.1, -0.05) is 13.8 Å². The SMILES string of the molecule is COCCC(C)(NCCCC(C)C)C(=O)O. The van der Waals surface area contributed by atoms with Crippen LogP contribution in [-0.4, -0.2) is 36.9 Å². The molecule has 16 heavy (non-hydrogen) atoms. The molecule has 0 amide bonds. The molecule has 0 bridgehead atoms. The van der Waals surface area contributed by atoms with Crippen molar-refractivity contribution >= 4 is 5.97 Å². The average molecular weight is 231 g/mol. The monoisotopic (exact) mass is 231 g/mol. The number of ether oxygens (including phenoxy) is 1. The average Bonchev–Trinajstić information content (AvgIpc) is 2.21. The Labute approximate surface area is 98.4 Å². The van der Waals surface area contributed by atoms with Crippen LogP contribution < -0.4 is 5.32 Å². The summed E-state index contributed by atoms with van der Waals surface area (Å²) in [4.78, 5) is 11.1. The molecule has 0 aromatic carbocycles. The van der Waals surface area contributed by atoms with Gasteiger partial charge in [0.2, 0.25) is 0 Å². The summed E-state index contributed by atoms with van der Waals surface area (Å²) in [6, 6.07) is 0. The van der Waals surface area contributed by atoms with Crippen molar-refractivity contribution in [2.24, 2.45) is 5.92 Å². The number of carbonyl (C=O) groups is 1. The molecule has 1 atom stereocenters. The zero-order chi connectivity index (χ0) is 12.6. The van der Waals surface area contributed by atoms with Crippen LogP contribution in [0.3, 0.4) is 0 Å². The van der Waals surface area contributed by atoms with E-state index in [1.165, 1.54) is 0 Å². The van der Waals surface area contributed by atoms with Gasteiger partial charge in [0.1, 0.15) is 5.54 Å². The van der Waals surface area contributed by atoms with E-state index in [0.717, 1.165) is 19.4 Å². The molecular formula is C12H25NO3. The van der Waals surface area contributed by atoms with Crippen LogP contribution in [0.25, 0.3) is 0 Å². The van der Waals surface area contributed by atoms with E-state index in [-0.39, 0.29) is 0 Å². The van der Waals surface area contributed by atoms with Crippen LogP contribution in [0.4, 0.5) is 0 Å². The summed E-state index contributed by atoms with van der Waals surface area (Å²) in [6.45, 7) is 7.25. The standard InChI is InChI=1S/C12H25NO3/c1-10(2)6-5-8-13-12(3,11(14)15)7-9-16-4/h10,13H,5-9H2,1-4H3,(H,14,15). The van der Waals surface area contributed by atoms with Crippen molar-refractivity contribution in [2.75, 3.05) is 20.3 Å². The second kappa shape index (κ2) is 7.63. The van der Waals surface area contributed by atoms with Crippen LogP contribution in [0.5, 0.6) is 0 Å². The second-order valence-electron chi connectivity index (χ2n) is 4.84. The van der Waals surface area contributed by atoms with E-state index in [9.17, 15) is 4.79 Å². The highest BCUT2D eigenvalue weighted by molar-refractivity contribution is 5.78. The Morgan fingerprint density at radius 3 is 2.56 bits per heavy atom. The minimum absolute atomic E-state index is 0.458. The Balaban J connectivity index is 3.98. The summed E-state index contributed by atoms with van der Waals surface area (Å²) in [5, 5.41) is 12.3. The van der Waals surface area contributed by atoms with Crippen molar-refractivity contribution in [1.82, 2.24) is 5.32 Å². The Morgan fingerprint density at radius 2 is 2.12 bits per heavy atom. The van der Waals surface area contributed by atoms with Gasteiger partial charge in [-0.3, -0.25) is 4.79 Å². The number of hydrogen-bond acceptors (Lipinski definition) is 3. The molecule has 0 aliphatic rings. The third-order valence-corrected chi connectivity index (χ3v) is 2.75. The molecule has 4 nitrogen and oxygen atoms in total. The van der Waals surface area contributed by atoms with Gasteiger partial charge in [-0.2, -0.15) is 0 Å². The van der Waals surface area contributed by atoms with Crippen LogP contribution >= 0.6 is 0 Å². The lowest BCUT2D eigenvalue weighted by Gasteiger charge is -2.26. The van der Waals surface area contributed by atoms with Crippen LogP contribution in [0.2, 0.25) is 0 Å². The first-order valence-electron chi connectivity index (χ1n) is 5.89. The summed E-state index contributed by atoms with van der Waals surface area (Å²) < 4.78 is 4.93. The van der Waals surface area contributed by atoms with E-state index >= 15 is 0 Å². The Kier molecular flexibility index (Phi) is 7.34. The first-order chi connectivity index (χ1) is 7.42. The van der Waals surface area contributed by atoms with Crippen LogP contribution in [0.15, 0.2) is 0 Å². The Bertz CT molecular complexity index is 206. The number of nitrogens with one attached hydrogen (secondary N) is 1. The number of hydrogen-bond donors (Lipinski definition) is 2. The van der Waals surface area contributed by atoms with E-state index in [1.54, 1.807) is 14.0 Å². The number of rotatable bonds is 9. The predicted molar refractivity (Wildman–Crippen MR) is 64.6 cm³/mol. The van der Waals surface area contributed by atoms with Gasteiger partial charge in [0.25, 0.3) is 0 Å². The van der Waals surface area contributed by atoms with Gasteiger partial charge < -0.3 is 15.2 Å². The van der Waals surface area contributed by atoms with E-state index in [2.05, 4.69) is 19.2 Å². The van der Waals surface area contributed by atoms with Crippen LogP contribution in [0, 0.1) is 5.92 Å². The van der Waals surface area contributed by atoms with Gasteiger partial charge in [-0.05, 0) is 38.6 Å². The maximum absolute atomic E-state index is 11.1. The smallest absolute Gasteiger partial charge is 0.323 e. The zero-order valence-electron chi connectivity index (χ0n) is 10.9. The molecule has 0 heterocycles. The molecular weight excluding hydrogens is 206 g/mol. The van der Waals surface area contributed by atoms with Crippen LogP contribution in [0.1, 0.15) is 40.0 Å². The molecule has 0 saturated heterocycles. The fourth-order valence-electron chi connectivity index (χ4n) is 1.45. The topological polar surface area (TPSA) is 58.6 Å². The summed E-state index contributed by atoms with van der Waals surface area (Å²) in [6.07, 6.45) is 2.61. The molecule has 4 heteroatoms. The van der Waals surface area contributed by atoms with Crippen molar-refractivity contribution in [3.05, 3.63) is 0 Å². The van der Waals surface area contributed by atoms with Gasteiger partial charge in [0, 0.05) is 13.7 Å². The van der Waals surface area contributed by atoms with Crippen LogP contribution in [-0.2, 0) is 9.53 Å². The highest BCUT2D eigenvalue weighted by atomic mass is 16.5. The van der Waals surface area contributed by atoms with Gasteiger partial charge in [-0.15, -0.1) is 0 Å². The van der Waals surface area contributed by atoms with E-state index in [1.807, 2.05) is 0 Å². The molecule has 0 fully saturated rings. The molecule has 96 valence electrons. The predicted octanol–water partition coefficient (Wildman–Crippen LogP) is 1.89. The third-order valence-electron chi connectivity index (χ3n) is 2.75. The highest BCUT2D eigenvalue weighted by Crippen LogP contribution is 2.11. The molecule has 0 aromatic heterocycles. The quantitative estimate of drug-likeness (QED) is 0.595. The van der Waals surface area contributed by atoms with Crippen molar-refractivity contribution in [3.63, 3.8) is 0 Å². The van der Waals surface area contributed by atoms with E-state index in [0.29, 0.717) is 18.9 Å². The summed E-state index contributed by atoms with van der Waals surface area (Å²) in [5.41, 5.74) is -0.868. The normalized spacial score (nSPS) is 15.1. The minimum Gasteiger partial charge on any atom is -0.480 e. The minimum atomic E-state index is -0.868. The Hall–Kier alpha value is -0.610. The van der Waals surface area contributed by atoms with Crippen molar-refractivity contribution in [1.29, 1.82) is 0 Å². The molecule has 1 unspecified atom stereocenters. The summed E-state index contributed by atoms with van der Waals surface area (Å²) >= 11 is 0. The lowest BCUT2D eigenvalue weighted by Crippen LogP contribution is -2.50. The number of methoxy groups -OCH3 is 1. The summed E-state index contributed by atoms with van der Waals surface area (Å²) in [5.74, 6) is -0.147. The first kappa shape index (κ1) is 15.4. The molecule has 2 N–H and O–H groups in total. The molecule has 0 spiro atoms. The van der Waals surface area contributed by atoms with Crippen molar-refractivity contribution in [2.45, 2.75) is 45.6 Å². The fourth-order valence-corrected chi connectivity index (χ4v) is 1.45. The zero-order valence-corrected chi connectivity index (χ0v) is 10.9. The van der Waals surface area contributed by atoms with E-state index < -0.39 is 11.5 Å². The maximum atomic E-state index is 11.1. The number of aliphatic carboxylic acids is 1. The third kappa shape index (κ3) is 6.08.